The summed E-state index contributed by atoms with van der Waals surface area (Å²) < 4.78 is 25.5. The smallest absolute Gasteiger partial charge is 0.335 e. The van der Waals surface area contributed by atoms with Crippen LogP contribution in [0.2, 0.25) is 0 Å². The number of urea groups is 1. The topological polar surface area (TPSA) is 109 Å². The van der Waals surface area contributed by atoms with Crippen LogP contribution in [0, 0.1) is 17.1 Å². The molecular weight excluding hydrogens is 545 g/mol. The zero-order valence-electron chi connectivity index (χ0n) is 19.5. The van der Waals surface area contributed by atoms with Gasteiger partial charge in [0.1, 0.15) is 18.0 Å². The Labute approximate surface area is 220 Å². The molecule has 10 heteroatoms. The number of nitrogens with one attached hydrogen (secondary N) is 1. The molecule has 0 aromatic heterocycles. The first-order valence-corrected chi connectivity index (χ1v) is 11.9. The highest BCUT2D eigenvalue weighted by Crippen LogP contribution is 2.38. The maximum Gasteiger partial charge on any atom is 0.335 e. The number of carbonyl (C=O) groups is 3. The highest BCUT2D eigenvalue weighted by Gasteiger charge is 2.36. The number of rotatable bonds is 7. The van der Waals surface area contributed by atoms with E-state index in [4.69, 9.17) is 9.47 Å². The second-order valence-electron chi connectivity index (χ2n) is 7.75. The lowest BCUT2D eigenvalue weighted by molar-refractivity contribution is -0.122. The van der Waals surface area contributed by atoms with Crippen LogP contribution < -0.4 is 19.7 Å². The summed E-state index contributed by atoms with van der Waals surface area (Å²) in [6.45, 7) is 2.21. The fraction of sp³-hybridized carbons (Fsp3) is 0.111. The second-order valence-corrected chi connectivity index (χ2v) is 8.61. The Morgan fingerprint density at radius 1 is 1.08 bits per heavy atom. The van der Waals surface area contributed by atoms with Crippen molar-refractivity contribution in [3.8, 4) is 17.6 Å². The Balaban J connectivity index is 1.67. The van der Waals surface area contributed by atoms with Gasteiger partial charge >= 0.3 is 6.03 Å². The van der Waals surface area contributed by atoms with E-state index in [0.29, 0.717) is 39.3 Å². The van der Waals surface area contributed by atoms with E-state index in [9.17, 15) is 24.0 Å². The summed E-state index contributed by atoms with van der Waals surface area (Å²) in [4.78, 5) is 38.8. The maximum absolute atomic E-state index is 13.3. The molecule has 4 amide bonds. The normalized spacial score (nSPS) is 14.4. The van der Waals surface area contributed by atoms with E-state index in [2.05, 4.69) is 27.3 Å². The van der Waals surface area contributed by atoms with Gasteiger partial charge in [0.2, 0.25) is 0 Å². The van der Waals surface area contributed by atoms with Crippen molar-refractivity contribution >= 4 is 45.5 Å². The van der Waals surface area contributed by atoms with E-state index in [1.807, 2.05) is 0 Å². The van der Waals surface area contributed by atoms with Gasteiger partial charge in [0.15, 0.2) is 11.5 Å². The molecule has 0 radical (unpaired) electrons. The standard InChI is InChI=1S/C27H19BrFN3O5/c1-2-36-23-13-16(12-22(28)24(23)37-15-18-6-4-3-5-17(18)14-30)11-21-25(33)31-27(35)32(26(21)34)20-9-7-19(29)8-10-20/h3-13H,2,15H2,1H3,(H,31,33,35)/b21-11+. The maximum atomic E-state index is 13.3. The van der Waals surface area contributed by atoms with Gasteiger partial charge in [-0.05, 0) is 77.0 Å². The van der Waals surface area contributed by atoms with E-state index in [1.165, 1.54) is 18.2 Å². The Morgan fingerprint density at radius 3 is 2.51 bits per heavy atom. The number of amides is 4. The van der Waals surface area contributed by atoms with Crippen LogP contribution in [0.5, 0.6) is 11.5 Å². The highest BCUT2D eigenvalue weighted by atomic mass is 79.9. The number of imide groups is 2. The lowest BCUT2D eigenvalue weighted by Gasteiger charge is -2.26. The van der Waals surface area contributed by atoms with E-state index in [-0.39, 0.29) is 17.9 Å². The number of barbiturate groups is 1. The first-order chi connectivity index (χ1) is 17.8. The van der Waals surface area contributed by atoms with Crippen molar-refractivity contribution in [2.45, 2.75) is 13.5 Å². The molecule has 0 atom stereocenters. The molecule has 0 unspecified atom stereocenters. The molecule has 1 fully saturated rings. The molecule has 1 aliphatic heterocycles. The molecule has 1 aliphatic rings. The zero-order valence-corrected chi connectivity index (χ0v) is 21.0. The molecular formula is C27H19BrFN3O5. The number of hydrogen-bond acceptors (Lipinski definition) is 6. The molecule has 8 nitrogen and oxygen atoms in total. The van der Waals surface area contributed by atoms with E-state index >= 15 is 0 Å². The number of ether oxygens (including phenoxy) is 2. The number of benzene rings is 3. The quantitative estimate of drug-likeness (QED) is 0.316. The molecule has 1 N–H and O–H groups in total. The van der Waals surface area contributed by atoms with Crippen molar-refractivity contribution in [1.29, 1.82) is 5.26 Å². The van der Waals surface area contributed by atoms with Crippen LogP contribution in [0.3, 0.4) is 0 Å². The van der Waals surface area contributed by atoms with Crippen molar-refractivity contribution in [3.05, 3.63) is 93.2 Å². The van der Waals surface area contributed by atoms with Crippen molar-refractivity contribution in [2.75, 3.05) is 11.5 Å². The Morgan fingerprint density at radius 2 is 1.81 bits per heavy atom. The molecule has 0 aliphatic carbocycles. The molecule has 1 saturated heterocycles. The van der Waals surface area contributed by atoms with Crippen LogP contribution in [0.15, 0.2) is 70.7 Å². The summed E-state index contributed by atoms with van der Waals surface area (Å²) in [5, 5.41) is 11.4. The number of hydrogen-bond donors (Lipinski definition) is 1. The van der Waals surface area contributed by atoms with Gasteiger partial charge in [-0.25, -0.2) is 14.1 Å². The predicted octanol–water partition coefficient (Wildman–Crippen LogP) is 5.10. The van der Waals surface area contributed by atoms with Gasteiger partial charge in [-0.1, -0.05) is 18.2 Å². The molecule has 0 saturated carbocycles. The average Bonchev–Trinajstić information content (AvgIpc) is 2.87. The van der Waals surface area contributed by atoms with Crippen molar-refractivity contribution in [2.24, 2.45) is 0 Å². The van der Waals surface area contributed by atoms with E-state index < -0.39 is 23.7 Å². The summed E-state index contributed by atoms with van der Waals surface area (Å²) in [5.41, 5.74) is 1.42. The Hall–Kier alpha value is -4.49. The van der Waals surface area contributed by atoms with Crippen LogP contribution in [-0.2, 0) is 16.2 Å². The molecule has 186 valence electrons. The number of nitriles is 1. The number of nitrogens with zero attached hydrogens (tertiary/aromatic N) is 2. The van der Waals surface area contributed by atoms with Crippen LogP contribution in [0.4, 0.5) is 14.9 Å². The lowest BCUT2D eigenvalue weighted by atomic mass is 10.1. The van der Waals surface area contributed by atoms with Gasteiger partial charge in [0.05, 0.1) is 28.4 Å². The lowest BCUT2D eigenvalue weighted by Crippen LogP contribution is -2.54. The minimum Gasteiger partial charge on any atom is -0.490 e. The minimum atomic E-state index is -0.934. The first-order valence-electron chi connectivity index (χ1n) is 11.1. The van der Waals surface area contributed by atoms with E-state index in [1.54, 1.807) is 43.3 Å². The SMILES string of the molecule is CCOc1cc(/C=C2\C(=O)NC(=O)N(c3ccc(F)cc3)C2=O)cc(Br)c1OCc1ccccc1C#N. The van der Waals surface area contributed by atoms with E-state index in [0.717, 1.165) is 17.0 Å². The van der Waals surface area contributed by atoms with Crippen LogP contribution >= 0.6 is 15.9 Å². The molecule has 3 aromatic carbocycles. The molecule has 37 heavy (non-hydrogen) atoms. The third-order valence-corrected chi connectivity index (χ3v) is 5.93. The minimum absolute atomic E-state index is 0.110. The number of carbonyl (C=O) groups excluding carboxylic acids is 3. The van der Waals surface area contributed by atoms with Gasteiger partial charge in [0.25, 0.3) is 11.8 Å². The average molecular weight is 564 g/mol. The first kappa shape index (κ1) is 25.6. The molecule has 0 spiro atoms. The third-order valence-electron chi connectivity index (χ3n) is 5.34. The number of anilines is 1. The van der Waals surface area contributed by atoms with Crippen LogP contribution in [-0.4, -0.2) is 24.5 Å². The highest BCUT2D eigenvalue weighted by molar-refractivity contribution is 9.10. The zero-order chi connectivity index (χ0) is 26.5. The van der Waals surface area contributed by atoms with Crippen molar-refractivity contribution < 1.29 is 28.2 Å². The largest absolute Gasteiger partial charge is 0.490 e. The van der Waals surface area contributed by atoms with Gasteiger partial charge in [-0.2, -0.15) is 5.26 Å². The second kappa shape index (κ2) is 11.1. The fourth-order valence-electron chi connectivity index (χ4n) is 3.63. The summed E-state index contributed by atoms with van der Waals surface area (Å²) in [5.74, 6) is -1.54. The Bertz CT molecular complexity index is 1460. The van der Waals surface area contributed by atoms with Crippen molar-refractivity contribution in [3.63, 3.8) is 0 Å². The third kappa shape index (κ3) is 5.52. The fourth-order valence-corrected chi connectivity index (χ4v) is 4.20. The molecule has 1 heterocycles. The summed E-state index contributed by atoms with van der Waals surface area (Å²) in [7, 11) is 0. The van der Waals surface area contributed by atoms with Gasteiger partial charge in [-0.15, -0.1) is 0 Å². The van der Waals surface area contributed by atoms with Gasteiger partial charge in [-0.3, -0.25) is 14.9 Å². The number of halogens is 2. The monoisotopic (exact) mass is 563 g/mol. The molecule has 3 aromatic rings. The molecule has 0 bridgehead atoms. The summed E-state index contributed by atoms with van der Waals surface area (Å²) >= 11 is 3.45. The van der Waals surface area contributed by atoms with Crippen molar-refractivity contribution in [1.82, 2.24) is 5.32 Å². The van der Waals surface area contributed by atoms with Crippen LogP contribution in [0.1, 0.15) is 23.6 Å². The van der Waals surface area contributed by atoms with Gasteiger partial charge < -0.3 is 9.47 Å². The van der Waals surface area contributed by atoms with Crippen LogP contribution in [0.25, 0.3) is 6.08 Å². The molecule has 4 rings (SSSR count). The summed E-state index contributed by atoms with van der Waals surface area (Å²) in [6.07, 6.45) is 1.32. The Kier molecular flexibility index (Phi) is 7.65. The predicted molar refractivity (Wildman–Crippen MR) is 136 cm³/mol. The van der Waals surface area contributed by atoms with Gasteiger partial charge in [0, 0.05) is 5.56 Å². The summed E-state index contributed by atoms with van der Waals surface area (Å²) in [6, 6.07) is 16.2.